The van der Waals surface area contributed by atoms with Crippen molar-refractivity contribution in [3.63, 3.8) is 0 Å². The molecule has 10 nitrogen and oxygen atoms in total. The number of hydrogen-bond donors (Lipinski definition) is 3. The summed E-state index contributed by atoms with van der Waals surface area (Å²) in [6.45, 7) is -0.925. The smallest absolute Gasteiger partial charge is 0.414 e. The number of aromatic nitrogens is 3. The van der Waals surface area contributed by atoms with Gasteiger partial charge in [0, 0.05) is 25.7 Å². The molecule has 2 unspecified atom stereocenters. The fourth-order valence-electron chi connectivity index (χ4n) is 5.89. The molecule has 2 aromatic heterocycles. The molecule has 0 bridgehead atoms. The summed E-state index contributed by atoms with van der Waals surface area (Å²) < 4.78 is 84.9. The third-order valence-corrected chi connectivity index (χ3v) is 8.44. The SMILES string of the molecule is O=C(NC(c1nc2cc(CN3CC(C(F)(F)F)NC3=O)ccc2o1)C(C1CC1)C1CC1)c1ccnn1CC[C@@H](O)C(F)(F)F. The van der Waals surface area contributed by atoms with E-state index in [1.165, 1.54) is 12.3 Å². The minimum absolute atomic E-state index is 0.0162. The van der Waals surface area contributed by atoms with Gasteiger partial charge in [0.1, 0.15) is 23.3 Å². The Bertz CT molecular complexity index is 1520. The number of fused-ring (bicyclic) bond motifs is 1. The number of nitrogens with one attached hydrogen (secondary N) is 2. The molecular formula is C28H30F6N6O4. The largest absolute Gasteiger partial charge is 0.438 e. The molecule has 16 heteroatoms. The normalized spacial score (nSPS) is 20.8. The molecule has 44 heavy (non-hydrogen) atoms. The van der Waals surface area contributed by atoms with Crippen molar-refractivity contribution < 1.29 is 45.5 Å². The van der Waals surface area contributed by atoms with Gasteiger partial charge in [0.15, 0.2) is 11.7 Å². The van der Waals surface area contributed by atoms with Crippen LogP contribution in [0.5, 0.6) is 0 Å². The molecule has 1 aromatic carbocycles. The highest BCUT2D eigenvalue weighted by Crippen LogP contribution is 2.54. The van der Waals surface area contributed by atoms with Gasteiger partial charge in [0.25, 0.3) is 5.91 Å². The van der Waals surface area contributed by atoms with Gasteiger partial charge in [-0.1, -0.05) is 6.07 Å². The number of carbonyl (C=O) groups excluding carboxylic acids is 2. The van der Waals surface area contributed by atoms with Gasteiger partial charge in [-0.15, -0.1) is 0 Å². The molecule has 0 spiro atoms. The lowest BCUT2D eigenvalue weighted by Crippen LogP contribution is -2.40. The maximum atomic E-state index is 13.5. The van der Waals surface area contributed by atoms with Gasteiger partial charge < -0.3 is 25.1 Å². The van der Waals surface area contributed by atoms with Gasteiger partial charge in [-0.2, -0.15) is 31.4 Å². The zero-order chi connectivity index (χ0) is 31.4. The van der Waals surface area contributed by atoms with Crippen LogP contribution in [0.4, 0.5) is 31.1 Å². The standard InChI is InChI=1S/C28H30F6N6O4/c29-27(30,31)20-13-39(26(43)37-20)12-14-1-6-19-17(11-14)36-25(44-19)23(22(15-2-3-15)16-4-5-16)38-24(42)18-7-9-35-40(18)10-8-21(41)28(32,33)34/h1,6-7,9,11,15-16,20-23,41H,2-5,8,10,12-13H2,(H,37,43)(H,38,42)/t20?,21-,23?/m1/s1. The second-order valence-electron chi connectivity index (χ2n) is 11.8. The highest BCUT2D eigenvalue weighted by Gasteiger charge is 2.49. The third-order valence-electron chi connectivity index (χ3n) is 8.44. The maximum Gasteiger partial charge on any atom is 0.414 e. The molecule has 1 saturated heterocycles. The summed E-state index contributed by atoms with van der Waals surface area (Å²) in [5, 5.41) is 18.3. The maximum absolute atomic E-state index is 13.5. The number of hydrogen-bond acceptors (Lipinski definition) is 6. The van der Waals surface area contributed by atoms with Crippen molar-refractivity contribution in [2.45, 2.75) is 75.7 Å². The lowest BCUT2D eigenvalue weighted by atomic mass is 9.89. The third kappa shape index (κ3) is 6.49. The summed E-state index contributed by atoms with van der Waals surface area (Å²) in [5.74, 6) is 0.342. The second-order valence-corrected chi connectivity index (χ2v) is 11.8. The Kier molecular flexibility index (Phi) is 7.74. The molecule has 3 heterocycles. The average Bonchev–Trinajstić information content (AvgIpc) is 3.84. The van der Waals surface area contributed by atoms with E-state index >= 15 is 0 Å². The summed E-state index contributed by atoms with van der Waals surface area (Å²) in [7, 11) is 0. The predicted molar refractivity (Wildman–Crippen MR) is 141 cm³/mol. The molecule has 238 valence electrons. The minimum atomic E-state index is -4.79. The van der Waals surface area contributed by atoms with Crippen LogP contribution in [-0.2, 0) is 13.1 Å². The Morgan fingerprint density at radius 3 is 2.43 bits per heavy atom. The summed E-state index contributed by atoms with van der Waals surface area (Å²) in [6.07, 6.45) is -7.39. The number of benzene rings is 1. The van der Waals surface area contributed by atoms with Gasteiger partial charge in [-0.05, 0) is 67.2 Å². The number of aliphatic hydroxyl groups is 1. The molecule has 3 atom stereocenters. The van der Waals surface area contributed by atoms with E-state index in [-0.39, 0.29) is 30.6 Å². The first-order valence-corrected chi connectivity index (χ1v) is 14.4. The van der Waals surface area contributed by atoms with Crippen LogP contribution in [0.1, 0.15) is 60.1 Å². The van der Waals surface area contributed by atoms with E-state index in [2.05, 4.69) is 15.4 Å². The lowest BCUT2D eigenvalue weighted by Gasteiger charge is -2.26. The fraction of sp³-hybridized carbons (Fsp3) is 0.571. The molecule has 2 saturated carbocycles. The fourth-order valence-corrected chi connectivity index (χ4v) is 5.89. The van der Waals surface area contributed by atoms with E-state index < -0.39 is 55.4 Å². The number of alkyl halides is 6. The summed E-state index contributed by atoms with van der Waals surface area (Å²) in [4.78, 5) is 31.3. The zero-order valence-corrected chi connectivity index (χ0v) is 23.2. The van der Waals surface area contributed by atoms with Gasteiger partial charge in [-0.3, -0.25) is 9.48 Å². The number of carbonyl (C=O) groups is 2. The van der Waals surface area contributed by atoms with E-state index in [1.807, 2.05) is 5.32 Å². The van der Waals surface area contributed by atoms with Gasteiger partial charge in [0.05, 0.1) is 6.54 Å². The zero-order valence-electron chi connectivity index (χ0n) is 23.2. The monoisotopic (exact) mass is 628 g/mol. The molecular weight excluding hydrogens is 598 g/mol. The molecule has 2 aliphatic carbocycles. The van der Waals surface area contributed by atoms with Crippen LogP contribution in [0.15, 0.2) is 34.9 Å². The number of amides is 3. The summed E-state index contributed by atoms with van der Waals surface area (Å²) in [6, 6.07) is 2.82. The van der Waals surface area contributed by atoms with Crippen LogP contribution in [-0.4, -0.2) is 67.8 Å². The number of aliphatic hydroxyl groups excluding tert-OH is 1. The number of urea groups is 1. The average molecular weight is 629 g/mol. The van der Waals surface area contributed by atoms with Crippen LogP contribution in [0.2, 0.25) is 0 Å². The number of rotatable bonds is 11. The van der Waals surface area contributed by atoms with Gasteiger partial charge in [-0.25, -0.2) is 9.78 Å². The van der Waals surface area contributed by atoms with Crippen molar-refractivity contribution in [3.05, 3.63) is 47.6 Å². The Hall–Kier alpha value is -3.82. The predicted octanol–water partition coefficient (Wildman–Crippen LogP) is 4.70. The lowest BCUT2D eigenvalue weighted by molar-refractivity contribution is -0.206. The van der Waals surface area contributed by atoms with Crippen LogP contribution in [0, 0.1) is 17.8 Å². The first kappa shape index (κ1) is 30.2. The van der Waals surface area contributed by atoms with Crippen molar-refractivity contribution in [1.82, 2.24) is 30.3 Å². The molecule has 3 fully saturated rings. The van der Waals surface area contributed by atoms with Gasteiger partial charge in [0.2, 0.25) is 5.89 Å². The first-order chi connectivity index (χ1) is 20.8. The van der Waals surface area contributed by atoms with Crippen LogP contribution >= 0.6 is 0 Å². The summed E-state index contributed by atoms with van der Waals surface area (Å²) >= 11 is 0. The molecule has 3 aromatic rings. The second kappa shape index (κ2) is 11.3. The van der Waals surface area contributed by atoms with Crippen LogP contribution < -0.4 is 10.6 Å². The Morgan fingerprint density at radius 2 is 1.82 bits per heavy atom. The minimum Gasteiger partial charge on any atom is -0.438 e. The molecule has 3 N–H and O–H groups in total. The van der Waals surface area contributed by atoms with Crippen molar-refractivity contribution in [3.8, 4) is 0 Å². The Labute approximate surface area is 246 Å². The molecule has 3 amide bonds. The van der Waals surface area contributed by atoms with Crippen molar-refractivity contribution in [1.29, 1.82) is 0 Å². The quantitative estimate of drug-likeness (QED) is 0.265. The molecule has 0 radical (unpaired) electrons. The summed E-state index contributed by atoms with van der Waals surface area (Å²) in [5.41, 5.74) is 1.36. The highest BCUT2D eigenvalue weighted by molar-refractivity contribution is 5.92. The highest BCUT2D eigenvalue weighted by atomic mass is 19.4. The van der Waals surface area contributed by atoms with Crippen molar-refractivity contribution in [2.75, 3.05) is 6.54 Å². The van der Waals surface area contributed by atoms with Crippen LogP contribution in [0.25, 0.3) is 11.1 Å². The van der Waals surface area contributed by atoms with Crippen LogP contribution in [0.3, 0.4) is 0 Å². The van der Waals surface area contributed by atoms with Crippen molar-refractivity contribution in [2.24, 2.45) is 17.8 Å². The first-order valence-electron chi connectivity index (χ1n) is 14.4. The number of oxazole rings is 1. The number of nitrogens with zero attached hydrogens (tertiary/aromatic N) is 4. The molecule has 3 aliphatic rings. The topological polar surface area (TPSA) is 126 Å². The molecule has 1 aliphatic heterocycles. The van der Waals surface area contributed by atoms with Crippen molar-refractivity contribution >= 4 is 23.0 Å². The van der Waals surface area contributed by atoms with Gasteiger partial charge >= 0.3 is 18.4 Å². The Balaban J connectivity index is 1.22. The number of aryl methyl sites for hydroxylation is 1. The van der Waals surface area contributed by atoms with E-state index in [0.717, 1.165) is 35.3 Å². The number of halogens is 6. The van der Waals surface area contributed by atoms with E-state index in [9.17, 15) is 41.0 Å². The van der Waals surface area contributed by atoms with E-state index in [4.69, 9.17) is 4.42 Å². The molecule has 6 rings (SSSR count). The van der Waals surface area contributed by atoms with E-state index in [1.54, 1.807) is 18.2 Å². The van der Waals surface area contributed by atoms with E-state index in [0.29, 0.717) is 28.5 Å². The Morgan fingerprint density at radius 1 is 1.11 bits per heavy atom.